The van der Waals surface area contributed by atoms with E-state index in [0.29, 0.717) is 52.2 Å². The smallest absolute Gasteiger partial charge is 0.261 e. The van der Waals surface area contributed by atoms with E-state index < -0.39 is 0 Å². The molecule has 5 aromatic rings. The monoisotopic (exact) mass is 810 g/mol. The molecule has 0 saturated carbocycles. The molecule has 3 amide bonds. The first-order valence-electron chi connectivity index (χ1n) is 19.2. The van der Waals surface area contributed by atoms with Crippen LogP contribution in [0.25, 0.3) is 21.5 Å². The van der Waals surface area contributed by atoms with Crippen LogP contribution in [0, 0.1) is 0 Å². The summed E-state index contributed by atoms with van der Waals surface area (Å²) in [7, 11) is 7.80. The van der Waals surface area contributed by atoms with Gasteiger partial charge in [-0.05, 0) is 36.8 Å². The number of amides is 3. The van der Waals surface area contributed by atoms with Gasteiger partial charge in [0.15, 0.2) is 6.29 Å². The Morgan fingerprint density at radius 2 is 1.51 bits per heavy atom. The maximum Gasteiger partial charge on any atom is 0.261 e. The van der Waals surface area contributed by atoms with E-state index in [1.807, 2.05) is 92.1 Å². The molecule has 0 atom stereocenters. The number of rotatable bonds is 18. The number of imide groups is 1. The quantitative estimate of drug-likeness (QED) is 0.0289. The minimum absolute atomic E-state index is 0.106. The van der Waals surface area contributed by atoms with Crippen LogP contribution in [0.1, 0.15) is 54.3 Å². The van der Waals surface area contributed by atoms with Crippen molar-refractivity contribution in [1.82, 2.24) is 19.3 Å². The zero-order valence-electron chi connectivity index (χ0n) is 33.1. The third-order valence-electron chi connectivity index (χ3n) is 9.80. The number of thiol groups is 2. The highest BCUT2D eigenvalue weighted by atomic mass is 32.1. The molecule has 6 rings (SSSR count). The van der Waals surface area contributed by atoms with Gasteiger partial charge in [-0.15, -0.1) is 0 Å². The van der Waals surface area contributed by atoms with Crippen molar-refractivity contribution in [3.05, 3.63) is 114 Å². The van der Waals surface area contributed by atoms with E-state index in [0.717, 1.165) is 72.8 Å². The van der Waals surface area contributed by atoms with Crippen molar-refractivity contribution in [3.63, 3.8) is 0 Å². The number of anilines is 2. The molecule has 0 spiro atoms. The summed E-state index contributed by atoms with van der Waals surface area (Å²) >= 11 is 8.38. The first kappa shape index (κ1) is 42.8. The fourth-order valence-corrected chi connectivity index (χ4v) is 7.40. The maximum atomic E-state index is 12.9. The summed E-state index contributed by atoms with van der Waals surface area (Å²) in [5.41, 5.74) is 4.10. The van der Waals surface area contributed by atoms with Crippen molar-refractivity contribution in [2.24, 2.45) is 7.05 Å². The van der Waals surface area contributed by atoms with Crippen LogP contribution >= 0.6 is 25.3 Å². The average molecular weight is 811 g/mol. The van der Waals surface area contributed by atoms with E-state index in [1.165, 1.54) is 4.90 Å². The molecule has 4 aromatic carbocycles. The second-order valence-electron chi connectivity index (χ2n) is 13.9. The summed E-state index contributed by atoms with van der Waals surface area (Å²) in [5, 5.41) is 12.2. The second kappa shape index (κ2) is 20.7. The molecule has 2 heterocycles. The fraction of sp³-hybridized carbons (Fsp3) is 0.326. The molecule has 1 aromatic heterocycles. The van der Waals surface area contributed by atoms with Gasteiger partial charge < -0.3 is 25.8 Å². The van der Waals surface area contributed by atoms with E-state index in [2.05, 4.69) is 57.9 Å². The number of aromatic nitrogens is 2. The summed E-state index contributed by atoms with van der Waals surface area (Å²) in [5.74, 6) is 0.442. The molecule has 0 saturated heterocycles. The van der Waals surface area contributed by atoms with Gasteiger partial charge in [0.25, 0.3) is 17.7 Å². The molecule has 0 unspecified atom stereocenters. The number of aryl methyl sites for hydroxylation is 2. The zero-order valence-corrected chi connectivity index (χ0v) is 34.9. The molecule has 4 N–H and O–H groups in total. The minimum Gasteiger partial charge on any atom is -0.384 e. The largest absolute Gasteiger partial charge is 0.384 e. The molecule has 14 heteroatoms. The lowest BCUT2D eigenvalue weighted by Crippen LogP contribution is -2.72. The Balaban J connectivity index is 0.000000218. The van der Waals surface area contributed by atoms with Crippen molar-refractivity contribution in [2.45, 2.75) is 19.4 Å². The van der Waals surface area contributed by atoms with Gasteiger partial charge >= 0.3 is 0 Å². The van der Waals surface area contributed by atoms with Crippen LogP contribution in [0.15, 0.2) is 91.8 Å². The van der Waals surface area contributed by atoms with Crippen LogP contribution in [-0.4, -0.2) is 109 Å². The van der Waals surface area contributed by atoms with E-state index in [9.17, 15) is 19.2 Å². The summed E-state index contributed by atoms with van der Waals surface area (Å²) in [6, 6.07) is 18.7. The summed E-state index contributed by atoms with van der Waals surface area (Å²) in [4.78, 5) is 55.2. The predicted molar refractivity (Wildman–Crippen MR) is 235 cm³/mol. The van der Waals surface area contributed by atoms with E-state index >= 15 is 0 Å². The average Bonchev–Trinajstić information content (AvgIpc) is 3.65. The Morgan fingerprint density at radius 3 is 2.16 bits per heavy atom. The first-order chi connectivity index (χ1) is 27.6. The molecule has 12 nitrogen and oxygen atoms in total. The Kier molecular flexibility index (Phi) is 15.6. The van der Waals surface area contributed by atoms with Crippen LogP contribution < -0.4 is 20.5 Å². The second-order valence-corrected chi connectivity index (χ2v) is 14.8. The number of aldehydes is 1. The summed E-state index contributed by atoms with van der Waals surface area (Å²) in [6.45, 7) is 4.30. The Hall–Kier alpha value is -5.31. The van der Waals surface area contributed by atoms with Gasteiger partial charge in [0.1, 0.15) is 18.6 Å². The Labute approximate surface area is 345 Å². The van der Waals surface area contributed by atoms with Gasteiger partial charge in [-0.25, -0.2) is 9.13 Å². The Bertz CT molecular complexity index is 2220. The van der Waals surface area contributed by atoms with Crippen molar-refractivity contribution in [2.75, 3.05) is 76.0 Å². The van der Waals surface area contributed by atoms with E-state index in [4.69, 9.17) is 0 Å². The van der Waals surface area contributed by atoms with Crippen LogP contribution in [-0.2, 0) is 13.6 Å². The number of fused-ring (bicyclic) bond motifs is 1. The fourth-order valence-electron chi connectivity index (χ4n) is 6.90. The van der Waals surface area contributed by atoms with Gasteiger partial charge in [0.2, 0.25) is 6.33 Å². The predicted octanol–water partition coefficient (Wildman–Crippen LogP) is 4.55. The first-order valence-corrected chi connectivity index (χ1v) is 20.4. The van der Waals surface area contributed by atoms with Crippen LogP contribution in [0.5, 0.6) is 0 Å². The third-order valence-corrected chi connectivity index (χ3v) is 10.2. The molecule has 57 heavy (non-hydrogen) atoms. The zero-order chi connectivity index (χ0) is 40.9. The van der Waals surface area contributed by atoms with E-state index in [-0.39, 0.29) is 17.7 Å². The topological polar surface area (TPSA) is 127 Å². The molecule has 1 aliphatic heterocycles. The maximum absolute atomic E-state index is 12.9. The van der Waals surface area contributed by atoms with E-state index in [1.54, 1.807) is 30.1 Å². The lowest BCUT2D eigenvalue weighted by molar-refractivity contribution is -0.671. The molecular weight excluding hydrogens is 757 g/mol. The van der Waals surface area contributed by atoms with Crippen LogP contribution in [0.2, 0.25) is 0 Å². The van der Waals surface area contributed by atoms with Crippen LogP contribution in [0.3, 0.4) is 0 Å². The number of hydrogen-bond donors (Lipinski definition) is 5. The van der Waals surface area contributed by atoms with Gasteiger partial charge in [-0.3, -0.25) is 24.1 Å². The van der Waals surface area contributed by atoms with Gasteiger partial charge in [-0.2, -0.15) is 25.3 Å². The number of carbonyl (C=O) groups is 4. The van der Waals surface area contributed by atoms with Gasteiger partial charge in [-0.1, -0.05) is 30.3 Å². The molecule has 0 aliphatic carbocycles. The molecular formula is C43H54N8O4S2+2. The number of nitrogens with one attached hydrogen (secondary N) is 2. The summed E-state index contributed by atoms with van der Waals surface area (Å²) in [6.07, 6.45) is 12.9. The SMILES string of the molecule is C[NH2+]/C=C\N(C)CCCNc1ccc(C(=O)N(C)CCS)c2c(C=O)cccc12.C[n+]1ccn(CCCNc2ccc3c4c(cccc24)C(=O)N(CCS)C3=O)c1. The number of carbonyl (C=O) groups excluding carboxylic acids is 4. The molecule has 0 fully saturated rings. The molecule has 0 bridgehead atoms. The number of nitrogens with two attached hydrogens (primary N) is 1. The van der Waals surface area contributed by atoms with Gasteiger partial charge in [0, 0.05) is 120 Å². The number of imidazole rings is 1. The molecule has 300 valence electrons. The normalized spacial score (nSPS) is 12.2. The highest BCUT2D eigenvalue weighted by Gasteiger charge is 2.32. The summed E-state index contributed by atoms with van der Waals surface area (Å²) < 4.78 is 4.16. The highest BCUT2D eigenvalue weighted by Crippen LogP contribution is 2.34. The van der Waals surface area contributed by atoms with Crippen molar-refractivity contribution in [1.29, 1.82) is 0 Å². The molecule has 0 radical (unpaired) electrons. The van der Waals surface area contributed by atoms with Crippen molar-refractivity contribution in [3.8, 4) is 0 Å². The number of hydrogen-bond acceptors (Lipinski definition) is 9. The standard InChI is InChI=1S/C22H30N4O2S.C21H22N4O2S/c1-23-11-13-25(2)12-5-10-24-20-9-8-19(22(28)26(3)14-15-29)21-17(16-27)6-4-7-18(20)21;1-23-10-11-24(14-23)9-3-8-22-18-7-6-17-19-15(18)4-2-5-16(19)20(26)25(12-13-28)21(17)27/h4,6-9,11,13,16,23-24,29H,5,10,12,14-15H2,1-3H3;2,4-7,10-11,14,22H,3,8-9,12-13H2,1H3/p+2/b13-11-;. The van der Waals surface area contributed by atoms with Crippen molar-refractivity contribution < 1.29 is 29.1 Å². The number of quaternary nitrogens is 1. The number of nitrogens with zero attached hydrogens (tertiary/aromatic N) is 5. The van der Waals surface area contributed by atoms with Crippen molar-refractivity contribution >= 4 is 82.2 Å². The third kappa shape index (κ3) is 10.4. The Morgan fingerprint density at radius 1 is 0.842 bits per heavy atom. The van der Waals surface area contributed by atoms with Crippen LogP contribution in [0.4, 0.5) is 11.4 Å². The highest BCUT2D eigenvalue weighted by molar-refractivity contribution is 7.80. The van der Waals surface area contributed by atoms with Gasteiger partial charge in [0.05, 0.1) is 26.8 Å². The minimum atomic E-state index is -0.241. The lowest BCUT2D eigenvalue weighted by Gasteiger charge is -2.27. The molecule has 1 aliphatic rings. The number of benzene rings is 4. The lowest BCUT2D eigenvalue weighted by atomic mass is 9.93.